The molecule has 1 aliphatic carbocycles. The third-order valence-corrected chi connectivity index (χ3v) is 5.89. The number of carbonyl (C=O) groups is 1. The largest absolute Gasteiger partial charge is 0.346 e. The molecule has 1 aromatic carbocycles. The number of nitrogens with zero attached hydrogens (tertiary/aromatic N) is 4. The SMILES string of the molecule is O=C(c1nc(=O)[nH]c2ccccc12)N1CCC(c2nccn2CC2CC2)CC1. The number of fused-ring (bicyclic) bond motifs is 1. The van der Waals surface area contributed by atoms with Crippen LogP contribution in [0.3, 0.4) is 0 Å². The topological polar surface area (TPSA) is 83.9 Å². The number of imidazole rings is 1. The van der Waals surface area contributed by atoms with E-state index >= 15 is 0 Å². The number of likely N-dealkylation sites (tertiary alicyclic amines) is 1. The number of rotatable bonds is 4. The number of para-hydroxylation sites is 1. The van der Waals surface area contributed by atoms with Crippen LogP contribution in [0.15, 0.2) is 41.5 Å². The first kappa shape index (κ1) is 17.2. The maximum Gasteiger partial charge on any atom is 0.346 e. The van der Waals surface area contributed by atoms with Crippen molar-refractivity contribution in [1.82, 2.24) is 24.4 Å². The molecular weight excluding hydrogens is 354 g/mol. The maximum atomic E-state index is 13.1. The molecule has 7 nitrogen and oxygen atoms in total. The zero-order chi connectivity index (χ0) is 19.1. The summed E-state index contributed by atoms with van der Waals surface area (Å²) in [5.74, 6) is 2.17. The molecule has 144 valence electrons. The van der Waals surface area contributed by atoms with Crippen molar-refractivity contribution in [1.29, 1.82) is 0 Å². The normalized spacial score (nSPS) is 17.9. The number of carbonyl (C=O) groups excluding carboxylic acids is 1. The van der Waals surface area contributed by atoms with Crippen molar-refractivity contribution in [2.75, 3.05) is 13.1 Å². The van der Waals surface area contributed by atoms with E-state index in [1.165, 1.54) is 12.8 Å². The summed E-state index contributed by atoms with van der Waals surface area (Å²) in [6, 6.07) is 7.31. The van der Waals surface area contributed by atoms with E-state index in [0.717, 1.165) is 31.1 Å². The van der Waals surface area contributed by atoms with E-state index in [2.05, 4.69) is 25.7 Å². The Labute approximate surface area is 162 Å². The molecular formula is C21H23N5O2. The number of nitrogens with one attached hydrogen (secondary N) is 1. The molecule has 1 saturated carbocycles. The third-order valence-electron chi connectivity index (χ3n) is 5.89. The zero-order valence-electron chi connectivity index (χ0n) is 15.7. The van der Waals surface area contributed by atoms with Gasteiger partial charge in [-0.2, -0.15) is 4.98 Å². The van der Waals surface area contributed by atoms with Crippen LogP contribution in [0.25, 0.3) is 10.9 Å². The lowest BCUT2D eigenvalue weighted by Crippen LogP contribution is -2.39. The lowest BCUT2D eigenvalue weighted by atomic mass is 9.95. The predicted molar refractivity (Wildman–Crippen MR) is 105 cm³/mol. The van der Waals surface area contributed by atoms with Crippen LogP contribution in [0, 0.1) is 5.92 Å². The first-order valence-electron chi connectivity index (χ1n) is 9.98. The molecule has 3 aromatic rings. The number of piperidine rings is 1. The third kappa shape index (κ3) is 3.21. The van der Waals surface area contributed by atoms with Gasteiger partial charge in [0.2, 0.25) is 0 Å². The van der Waals surface area contributed by atoms with Gasteiger partial charge in [0.05, 0.1) is 5.52 Å². The van der Waals surface area contributed by atoms with E-state index in [4.69, 9.17) is 0 Å². The molecule has 2 aromatic heterocycles. The number of aromatic nitrogens is 4. The number of aromatic amines is 1. The Balaban J connectivity index is 1.33. The lowest BCUT2D eigenvalue weighted by molar-refractivity contribution is 0.0706. The molecule has 0 atom stereocenters. The molecule has 1 aliphatic heterocycles. The summed E-state index contributed by atoms with van der Waals surface area (Å²) in [4.78, 5) is 38.0. The standard InChI is InChI=1S/C21H23N5O2/c27-20(18-16-3-1-2-4-17(16)23-21(28)24-18)25-10-7-15(8-11-25)19-22-9-12-26(19)13-14-5-6-14/h1-4,9,12,14-15H,5-8,10-11,13H2,(H,23,24,28). The average Bonchev–Trinajstić information content (AvgIpc) is 3.42. The van der Waals surface area contributed by atoms with Crippen molar-refractivity contribution in [3.05, 3.63) is 58.7 Å². The fourth-order valence-corrected chi connectivity index (χ4v) is 4.17. The minimum absolute atomic E-state index is 0.165. The van der Waals surface area contributed by atoms with Gasteiger partial charge in [0.15, 0.2) is 0 Å². The van der Waals surface area contributed by atoms with Gasteiger partial charge in [-0.15, -0.1) is 0 Å². The minimum atomic E-state index is -0.487. The van der Waals surface area contributed by atoms with Gasteiger partial charge in [0, 0.05) is 43.3 Å². The summed E-state index contributed by atoms with van der Waals surface area (Å²) in [6.45, 7) is 2.38. The molecule has 7 heteroatoms. The van der Waals surface area contributed by atoms with E-state index in [1.807, 2.05) is 29.3 Å². The van der Waals surface area contributed by atoms with Gasteiger partial charge in [-0.3, -0.25) is 4.79 Å². The smallest absolute Gasteiger partial charge is 0.337 e. The molecule has 3 heterocycles. The fourth-order valence-electron chi connectivity index (χ4n) is 4.17. The van der Waals surface area contributed by atoms with Crippen molar-refractivity contribution in [2.24, 2.45) is 5.92 Å². The molecule has 2 fully saturated rings. The average molecular weight is 377 g/mol. The Morgan fingerprint density at radius 2 is 1.93 bits per heavy atom. The monoisotopic (exact) mass is 377 g/mol. The molecule has 2 aliphatic rings. The van der Waals surface area contributed by atoms with Crippen LogP contribution >= 0.6 is 0 Å². The Kier molecular flexibility index (Phi) is 4.22. The van der Waals surface area contributed by atoms with Crippen LogP contribution < -0.4 is 5.69 Å². The molecule has 1 amide bonds. The van der Waals surface area contributed by atoms with Crippen molar-refractivity contribution < 1.29 is 4.79 Å². The number of hydrogen-bond acceptors (Lipinski definition) is 4. The first-order valence-corrected chi connectivity index (χ1v) is 9.98. The van der Waals surface area contributed by atoms with Crippen molar-refractivity contribution in [3.8, 4) is 0 Å². The van der Waals surface area contributed by atoms with E-state index < -0.39 is 5.69 Å². The number of hydrogen-bond donors (Lipinski definition) is 1. The molecule has 5 rings (SSSR count). The molecule has 1 N–H and O–H groups in total. The van der Waals surface area contributed by atoms with E-state index in [9.17, 15) is 9.59 Å². The first-order chi connectivity index (χ1) is 13.7. The Morgan fingerprint density at radius 1 is 1.14 bits per heavy atom. The number of benzene rings is 1. The van der Waals surface area contributed by atoms with Crippen LogP contribution in [0.2, 0.25) is 0 Å². The zero-order valence-corrected chi connectivity index (χ0v) is 15.7. The van der Waals surface area contributed by atoms with E-state index in [-0.39, 0.29) is 11.6 Å². The summed E-state index contributed by atoms with van der Waals surface area (Å²) in [5, 5.41) is 0.689. The van der Waals surface area contributed by atoms with Crippen LogP contribution in [-0.4, -0.2) is 43.4 Å². The molecule has 0 bridgehead atoms. The van der Waals surface area contributed by atoms with Gasteiger partial charge in [-0.05, 0) is 37.7 Å². The highest BCUT2D eigenvalue weighted by atomic mass is 16.2. The van der Waals surface area contributed by atoms with Crippen LogP contribution in [0.4, 0.5) is 0 Å². The molecule has 28 heavy (non-hydrogen) atoms. The van der Waals surface area contributed by atoms with Gasteiger partial charge in [0.25, 0.3) is 5.91 Å². The highest BCUT2D eigenvalue weighted by Gasteiger charge is 2.30. The van der Waals surface area contributed by atoms with Crippen molar-refractivity contribution >= 4 is 16.8 Å². The molecule has 0 spiro atoms. The Bertz CT molecular complexity index is 1070. The van der Waals surface area contributed by atoms with Gasteiger partial charge < -0.3 is 14.5 Å². The van der Waals surface area contributed by atoms with Gasteiger partial charge in [-0.25, -0.2) is 9.78 Å². The molecule has 0 radical (unpaired) electrons. The van der Waals surface area contributed by atoms with E-state index in [0.29, 0.717) is 29.9 Å². The van der Waals surface area contributed by atoms with E-state index in [1.54, 1.807) is 6.07 Å². The predicted octanol–water partition coefficient (Wildman–Crippen LogP) is 2.55. The summed E-state index contributed by atoms with van der Waals surface area (Å²) in [7, 11) is 0. The van der Waals surface area contributed by atoms with Gasteiger partial charge in [0.1, 0.15) is 11.5 Å². The van der Waals surface area contributed by atoms with Crippen molar-refractivity contribution in [2.45, 2.75) is 38.1 Å². The fraction of sp³-hybridized carbons (Fsp3) is 0.429. The lowest BCUT2D eigenvalue weighted by Gasteiger charge is -2.32. The van der Waals surface area contributed by atoms with Gasteiger partial charge in [-0.1, -0.05) is 18.2 Å². The summed E-state index contributed by atoms with van der Waals surface area (Å²) < 4.78 is 2.30. The maximum absolute atomic E-state index is 13.1. The van der Waals surface area contributed by atoms with Crippen LogP contribution in [0.1, 0.15) is 47.9 Å². The quantitative estimate of drug-likeness (QED) is 0.757. The molecule has 1 saturated heterocycles. The Morgan fingerprint density at radius 3 is 2.71 bits per heavy atom. The highest BCUT2D eigenvalue weighted by Crippen LogP contribution is 2.33. The summed E-state index contributed by atoms with van der Waals surface area (Å²) in [6.07, 6.45) is 8.38. The number of H-pyrrole nitrogens is 1. The summed E-state index contributed by atoms with van der Waals surface area (Å²) in [5.41, 5.74) is 0.398. The molecule has 0 unspecified atom stereocenters. The van der Waals surface area contributed by atoms with Crippen LogP contribution in [0.5, 0.6) is 0 Å². The Hall–Kier alpha value is -2.96. The van der Waals surface area contributed by atoms with Crippen molar-refractivity contribution in [3.63, 3.8) is 0 Å². The second kappa shape index (κ2) is 6.89. The summed E-state index contributed by atoms with van der Waals surface area (Å²) >= 11 is 0. The second-order valence-electron chi connectivity index (χ2n) is 7.88. The van der Waals surface area contributed by atoms with Gasteiger partial charge >= 0.3 is 5.69 Å². The number of amides is 1. The minimum Gasteiger partial charge on any atom is -0.337 e. The highest BCUT2D eigenvalue weighted by molar-refractivity contribution is 6.04. The second-order valence-corrected chi connectivity index (χ2v) is 7.88. The van der Waals surface area contributed by atoms with Crippen LogP contribution in [-0.2, 0) is 6.54 Å².